The van der Waals surface area contributed by atoms with Crippen molar-refractivity contribution in [1.29, 1.82) is 0 Å². The first-order chi connectivity index (χ1) is 9.72. The molecule has 0 aliphatic rings. The summed E-state index contributed by atoms with van der Waals surface area (Å²) in [6.07, 6.45) is 4.02. The Morgan fingerprint density at radius 3 is 2.95 bits per heavy atom. The second-order valence-electron chi connectivity index (χ2n) is 4.25. The SMILES string of the molecule is COCCOCCCNC(=O)/C=C/c1cccc(N)c1. The summed E-state index contributed by atoms with van der Waals surface area (Å²) >= 11 is 0. The third-order valence-corrected chi connectivity index (χ3v) is 2.53. The predicted octanol–water partition coefficient (Wildman–Crippen LogP) is 1.45. The van der Waals surface area contributed by atoms with Gasteiger partial charge in [-0.1, -0.05) is 12.1 Å². The van der Waals surface area contributed by atoms with Crippen LogP contribution < -0.4 is 11.1 Å². The van der Waals surface area contributed by atoms with Crippen molar-refractivity contribution in [3.05, 3.63) is 35.9 Å². The fourth-order valence-electron chi connectivity index (χ4n) is 1.52. The van der Waals surface area contributed by atoms with E-state index in [0.717, 1.165) is 12.0 Å². The molecule has 0 bridgehead atoms. The van der Waals surface area contributed by atoms with E-state index < -0.39 is 0 Å². The van der Waals surface area contributed by atoms with Crippen LogP contribution in [0.25, 0.3) is 6.08 Å². The smallest absolute Gasteiger partial charge is 0.244 e. The fraction of sp³-hybridized carbons (Fsp3) is 0.400. The zero-order valence-corrected chi connectivity index (χ0v) is 11.8. The van der Waals surface area contributed by atoms with Gasteiger partial charge in [0, 0.05) is 32.0 Å². The quantitative estimate of drug-likeness (QED) is 0.407. The van der Waals surface area contributed by atoms with Gasteiger partial charge in [0.25, 0.3) is 0 Å². The average molecular weight is 278 g/mol. The summed E-state index contributed by atoms with van der Waals surface area (Å²) in [5.74, 6) is -0.121. The van der Waals surface area contributed by atoms with E-state index in [2.05, 4.69) is 5.32 Å². The second-order valence-corrected chi connectivity index (χ2v) is 4.25. The number of carbonyl (C=O) groups is 1. The lowest BCUT2D eigenvalue weighted by Gasteiger charge is -2.04. The van der Waals surface area contributed by atoms with Gasteiger partial charge in [-0.15, -0.1) is 0 Å². The van der Waals surface area contributed by atoms with Crippen molar-refractivity contribution in [1.82, 2.24) is 5.32 Å². The number of nitrogen functional groups attached to an aromatic ring is 1. The minimum atomic E-state index is -0.121. The molecule has 3 N–H and O–H groups in total. The molecule has 0 saturated heterocycles. The Labute approximate surface area is 119 Å². The van der Waals surface area contributed by atoms with Gasteiger partial charge in [-0.2, -0.15) is 0 Å². The monoisotopic (exact) mass is 278 g/mol. The van der Waals surface area contributed by atoms with Crippen molar-refractivity contribution in [3.63, 3.8) is 0 Å². The largest absolute Gasteiger partial charge is 0.399 e. The first-order valence-electron chi connectivity index (χ1n) is 6.60. The van der Waals surface area contributed by atoms with Crippen LogP contribution in [0.3, 0.4) is 0 Å². The van der Waals surface area contributed by atoms with Gasteiger partial charge >= 0.3 is 0 Å². The molecule has 0 aromatic heterocycles. The predicted molar refractivity (Wildman–Crippen MR) is 80.2 cm³/mol. The van der Waals surface area contributed by atoms with Crippen LogP contribution in [0.5, 0.6) is 0 Å². The number of amides is 1. The molecule has 0 fully saturated rings. The molecule has 0 spiro atoms. The molecule has 1 rings (SSSR count). The first kappa shape index (κ1) is 16.2. The lowest BCUT2D eigenvalue weighted by Crippen LogP contribution is -2.23. The van der Waals surface area contributed by atoms with Gasteiger partial charge in [0.2, 0.25) is 5.91 Å². The average Bonchev–Trinajstić information content (AvgIpc) is 2.44. The maximum Gasteiger partial charge on any atom is 0.244 e. The zero-order valence-electron chi connectivity index (χ0n) is 11.8. The molecular weight excluding hydrogens is 256 g/mol. The number of ether oxygens (including phenoxy) is 2. The molecule has 0 aliphatic carbocycles. The van der Waals surface area contributed by atoms with Crippen LogP contribution in [0, 0.1) is 0 Å². The first-order valence-corrected chi connectivity index (χ1v) is 6.60. The van der Waals surface area contributed by atoms with Crippen LogP contribution in [-0.4, -0.2) is 39.4 Å². The molecule has 5 nitrogen and oxygen atoms in total. The van der Waals surface area contributed by atoms with E-state index in [1.54, 1.807) is 19.3 Å². The third-order valence-electron chi connectivity index (χ3n) is 2.53. The van der Waals surface area contributed by atoms with Crippen LogP contribution in [0.2, 0.25) is 0 Å². The lowest BCUT2D eigenvalue weighted by atomic mass is 10.2. The number of hydrogen-bond acceptors (Lipinski definition) is 4. The fourth-order valence-corrected chi connectivity index (χ4v) is 1.52. The number of carbonyl (C=O) groups excluding carboxylic acids is 1. The van der Waals surface area contributed by atoms with E-state index in [4.69, 9.17) is 15.2 Å². The Balaban J connectivity index is 2.14. The number of nitrogens with one attached hydrogen (secondary N) is 1. The molecule has 110 valence electrons. The van der Waals surface area contributed by atoms with E-state index in [-0.39, 0.29) is 5.91 Å². The van der Waals surface area contributed by atoms with Crippen LogP contribution in [0.15, 0.2) is 30.3 Å². The van der Waals surface area contributed by atoms with Crippen molar-refractivity contribution in [2.24, 2.45) is 0 Å². The van der Waals surface area contributed by atoms with Gasteiger partial charge < -0.3 is 20.5 Å². The van der Waals surface area contributed by atoms with Crippen LogP contribution in [0.4, 0.5) is 5.69 Å². The molecule has 5 heteroatoms. The van der Waals surface area contributed by atoms with E-state index in [1.807, 2.05) is 18.2 Å². The van der Waals surface area contributed by atoms with E-state index in [9.17, 15) is 4.79 Å². The highest BCUT2D eigenvalue weighted by atomic mass is 16.5. The molecule has 1 aromatic carbocycles. The number of hydrogen-bond donors (Lipinski definition) is 2. The molecule has 0 aliphatic heterocycles. The summed E-state index contributed by atoms with van der Waals surface area (Å²) in [5, 5.41) is 2.79. The Bertz CT molecular complexity index is 433. The van der Waals surface area contributed by atoms with Crippen molar-refractivity contribution < 1.29 is 14.3 Å². The van der Waals surface area contributed by atoms with Gasteiger partial charge in [-0.05, 0) is 30.2 Å². The summed E-state index contributed by atoms with van der Waals surface area (Å²) in [4.78, 5) is 11.5. The maximum atomic E-state index is 11.5. The summed E-state index contributed by atoms with van der Waals surface area (Å²) in [7, 11) is 1.64. The molecule has 0 atom stereocenters. The summed E-state index contributed by atoms with van der Waals surface area (Å²) in [6, 6.07) is 7.36. The zero-order chi connectivity index (χ0) is 14.6. The van der Waals surface area contributed by atoms with Gasteiger partial charge in [-0.3, -0.25) is 4.79 Å². The van der Waals surface area contributed by atoms with Crippen molar-refractivity contribution in [2.45, 2.75) is 6.42 Å². The van der Waals surface area contributed by atoms with Crippen molar-refractivity contribution >= 4 is 17.7 Å². The second kappa shape index (κ2) is 10.00. The normalized spacial score (nSPS) is 10.8. The molecule has 0 unspecified atom stereocenters. The molecule has 1 aromatic rings. The van der Waals surface area contributed by atoms with Crippen LogP contribution in [-0.2, 0) is 14.3 Å². The minimum absolute atomic E-state index is 0.121. The van der Waals surface area contributed by atoms with Crippen molar-refractivity contribution in [2.75, 3.05) is 39.2 Å². The Kier molecular flexibility index (Phi) is 8.10. The number of rotatable bonds is 9. The Morgan fingerprint density at radius 2 is 2.20 bits per heavy atom. The maximum absolute atomic E-state index is 11.5. The molecular formula is C15H22N2O3. The number of methoxy groups -OCH3 is 1. The Morgan fingerprint density at radius 1 is 1.35 bits per heavy atom. The number of anilines is 1. The Hall–Kier alpha value is -1.85. The number of nitrogens with two attached hydrogens (primary N) is 1. The summed E-state index contributed by atoms with van der Waals surface area (Å²) in [6.45, 7) is 2.38. The van der Waals surface area contributed by atoms with Crippen LogP contribution in [0.1, 0.15) is 12.0 Å². The minimum Gasteiger partial charge on any atom is -0.399 e. The van der Waals surface area contributed by atoms with E-state index in [0.29, 0.717) is 32.1 Å². The van der Waals surface area contributed by atoms with Crippen molar-refractivity contribution in [3.8, 4) is 0 Å². The van der Waals surface area contributed by atoms with E-state index >= 15 is 0 Å². The van der Waals surface area contributed by atoms with Gasteiger partial charge in [0.05, 0.1) is 13.2 Å². The van der Waals surface area contributed by atoms with Gasteiger partial charge in [-0.25, -0.2) is 0 Å². The van der Waals surface area contributed by atoms with Crippen LogP contribution >= 0.6 is 0 Å². The highest BCUT2D eigenvalue weighted by molar-refractivity contribution is 5.91. The molecule has 20 heavy (non-hydrogen) atoms. The summed E-state index contributed by atoms with van der Waals surface area (Å²) < 4.78 is 10.1. The highest BCUT2D eigenvalue weighted by Gasteiger charge is 1.95. The van der Waals surface area contributed by atoms with Gasteiger partial charge in [0.1, 0.15) is 0 Å². The topological polar surface area (TPSA) is 73.6 Å². The lowest BCUT2D eigenvalue weighted by molar-refractivity contribution is -0.116. The molecule has 0 heterocycles. The molecule has 0 saturated carbocycles. The van der Waals surface area contributed by atoms with E-state index in [1.165, 1.54) is 6.08 Å². The number of benzene rings is 1. The standard InChI is InChI=1S/C15H22N2O3/c1-19-10-11-20-9-3-8-17-15(18)7-6-13-4-2-5-14(16)12-13/h2,4-7,12H,3,8-11,16H2,1H3,(H,17,18)/b7-6+. The highest BCUT2D eigenvalue weighted by Crippen LogP contribution is 2.07. The molecule has 0 radical (unpaired) electrons. The third kappa shape index (κ3) is 7.56. The van der Waals surface area contributed by atoms with Gasteiger partial charge in [0.15, 0.2) is 0 Å². The summed E-state index contributed by atoms with van der Waals surface area (Å²) in [5.41, 5.74) is 7.24. The molecule has 1 amide bonds.